The molecule has 4 nitrogen and oxygen atoms in total. The van der Waals surface area contributed by atoms with Crippen LogP contribution in [0.3, 0.4) is 0 Å². The number of rotatable bonds is 9. The van der Waals surface area contributed by atoms with E-state index >= 15 is 0 Å². The van der Waals surface area contributed by atoms with Crippen molar-refractivity contribution in [1.29, 1.82) is 0 Å². The maximum atomic E-state index is 11.7. The highest BCUT2D eigenvalue weighted by atomic mass is 19.4. The lowest BCUT2D eigenvalue weighted by Gasteiger charge is -2.17. The smallest absolute Gasteiger partial charge is 0.372 e. The number of carbonyl (C=O) groups is 1. The van der Waals surface area contributed by atoms with Crippen LogP contribution in [0.25, 0.3) is 0 Å². The minimum Gasteiger partial charge on any atom is -0.372 e. The second kappa shape index (κ2) is 9.16. The summed E-state index contributed by atoms with van der Waals surface area (Å²) in [5.41, 5.74) is 5.33. The van der Waals surface area contributed by atoms with Gasteiger partial charge in [0.15, 0.2) is 0 Å². The number of halogens is 3. The molecule has 7 heteroatoms. The summed E-state index contributed by atoms with van der Waals surface area (Å²) < 4.78 is 39.6. The number of amides is 1. The molecule has 0 aliphatic rings. The molecule has 0 unspecified atom stereocenters. The Balaban J connectivity index is 3.56. The van der Waals surface area contributed by atoms with Crippen LogP contribution < -0.4 is 5.73 Å². The Bertz CT molecular complexity index is 235. The molecule has 0 bridgehead atoms. The lowest BCUT2D eigenvalue weighted by molar-refractivity contribution is -0.175. The maximum Gasteiger partial charge on any atom is 0.411 e. The Morgan fingerprint density at radius 2 is 1.94 bits per heavy atom. The van der Waals surface area contributed by atoms with E-state index in [4.69, 9.17) is 5.73 Å². The Kier molecular flexibility index (Phi) is 8.74. The van der Waals surface area contributed by atoms with E-state index in [2.05, 4.69) is 4.74 Å². The van der Waals surface area contributed by atoms with Gasteiger partial charge in [-0.3, -0.25) is 4.79 Å². The summed E-state index contributed by atoms with van der Waals surface area (Å²) in [6.07, 6.45) is -1.65. The second-order valence-electron chi connectivity index (χ2n) is 4.08. The molecule has 1 amide bonds. The third-order valence-electron chi connectivity index (χ3n) is 2.35. The third-order valence-corrected chi connectivity index (χ3v) is 2.35. The van der Waals surface area contributed by atoms with Gasteiger partial charge in [0.1, 0.15) is 6.61 Å². The number of hydrogen-bond donors (Lipinski definition) is 1. The van der Waals surface area contributed by atoms with Crippen LogP contribution in [-0.2, 0) is 9.53 Å². The topological polar surface area (TPSA) is 55.6 Å². The van der Waals surface area contributed by atoms with E-state index in [1.54, 1.807) is 7.05 Å². The minimum atomic E-state index is -4.34. The molecule has 0 saturated carbocycles. The highest BCUT2D eigenvalue weighted by Crippen LogP contribution is 2.14. The molecule has 0 fully saturated rings. The van der Waals surface area contributed by atoms with Gasteiger partial charge in [0, 0.05) is 13.6 Å². The zero-order valence-corrected chi connectivity index (χ0v) is 10.6. The number of nitrogens with two attached hydrogens (primary N) is 1. The third kappa shape index (κ3) is 10.3. The molecule has 2 N–H and O–H groups in total. The first-order valence-electron chi connectivity index (χ1n) is 5.95. The number of carbonyl (C=O) groups excluding carboxylic acids is 1. The largest absolute Gasteiger partial charge is 0.411 e. The van der Waals surface area contributed by atoms with Gasteiger partial charge in [0.25, 0.3) is 0 Å². The van der Waals surface area contributed by atoms with E-state index in [-0.39, 0.29) is 18.9 Å². The molecular weight excluding hydrogens is 249 g/mol. The summed E-state index contributed by atoms with van der Waals surface area (Å²) >= 11 is 0. The normalized spacial score (nSPS) is 11.6. The average Bonchev–Trinajstić information content (AvgIpc) is 2.28. The van der Waals surface area contributed by atoms with Crippen LogP contribution in [-0.4, -0.2) is 50.3 Å². The summed E-state index contributed by atoms with van der Waals surface area (Å²) in [6.45, 7) is -0.285. The van der Waals surface area contributed by atoms with Gasteiger partial charge < -0.3 is 15.4 Å². The first kappa shape index (κ1) is 17.2. The summed E-state index contributed by atoms with van der Waals surface area (Å²) in [5.74, 6) is -0.204. The van der Waals surface area contributed by atoms with Gasteiger partial charge in [-0.2, -0.15) is 13.2 Å². The number of alkyl halides is 3. The lowest BCUT2D eigenvalue weighted by Crippen LogP contribution is -2.29. The molecule has 0 saturated heterocycles. The van der Waals surface area contributed by atoms with Crippen LogP contribution >= 0.6 is 0 Å². The van der Waals surface area contributed by atoms with Crippen molar-refractivity contribution in [3.8, 4) is 0 Å². The number of hydrogen-bond acceptors (Lipinski definition) is 3. The van der Waals surface area contributed by atoms with E-state index in [1.165, 1.54) is 4.90 Å². The zero-order chi connectivity index (χ0) is 14.0. The van der Waals surface area contributed by atoms with E-state index in [1.807, 2.05) is 0 Å². The van der Waals surface area contributed by atoms with Crippen molar-refractivity contribution in [3.63, 3.8) is 0 Å². The van der Waals surface area contributed by atoms with Crippen molar-refractivity contribution >= 4 is 5.91 Å². The van der Waals surface area contributed by atoms with Crippen LogP contribution in [0.1, 0.15) is 25.7 Å². The van der Waals surface area contributed by atoms with Crippen LogP contribution in [0.5, 0.6) is 0 Å². The fraction of sp³-hybridized carbons (Fsp3) is 0.909. The van der Waals surface area contributed by atoms with Gasteiger partial charge in [-0.05, 0) is 19.4 Å². The number of ether oxygens (including phenoxy) is 1. The van der Waals surface area contributed by atoms with E-state index < -0.39 is 12.8 Å². The molecule has 0 aromatic heterocycles. The molecular formula is C11H21F3N2O2. The Hall–Kier alpha value is -0.820. The van der Waals surface area contributed by atoms with E-state index in [0.717, 1.165) is 19.3 Å². The van der Waals surface area contributed by atoms with Crippen molar-refractivity contribution in [2.45, 2.75) is 31.9 Å². The van der Waals surface area contributed by atoms with Crippen molar-refractivity contribution in [2.75, 3.05) is 33.4 Å². The summed E-state index contributed by atoms with van der Waals surface area (Å²) in [7, 11) is 1.63. The number of unbranched alkanes of at least 4 members (excludes halogenated alkanes) is 2. The number of nitrogens with zero attached hydrogens (tertiary/aromatic N) is 1. The molecule has 0 radical (unpaired) electrons. The second-order valence-corrected chi connectivity index (χ2v) is 4.08. The van der Waals surface area contributed by atoms with Crippen LogP contribution in [0.4, 0.5) is 13.2 Å². The van der Waals surface area contributed by atoms with Gasteiger partial charge in [0.2, 0.25) is 5.91 Å². The molecule has 0 heterocycles. The standard InChI is InChI=1S/C11H21F3N2O2/c1-16(7-4-2-3-6-15)10(17)5-8-18-9-11(12,13)14/h2-9,15H2,1H3. The van der Waals surface area contributed by atoms with Crippen molar-refractivity contribution < 1.29 is 22.7 Å². The minimum absolute atomic E-state index is 0.0243. The Labute approximate surface area is 105 Å². The molecule has 18 heavy (non-hydrogen) atoms. The van der Waals surface area contributed by atoms with Gasteiger partial charge >= 0.3 is 6.18 Å². The van der Waals surface area contributed by atoms with Crippen molar-refractivity contribution in [3.05, 3.63) is 0 Å². The van der Waals surface area contributed by atoms with Crippen LogP contribution in [0.15, 0.2) is 0 Å². The molecule has 0 rings (SSSR count). The summed E-state index contributed by atoms with van der Waals surface area (Å²) in [4.78, 5) is 13.0. The van der Waals surface area contributed by atoms with Crippen molar-refractivity contribution in [1.82, 2.24) is 4.90 Å². The monoisotopic (exact) mass is 270 g/mol. The first-order valence-corrected chi connectivity index (χ1v) is 5.95. The molecule has 0 aromatic rings. The fourth-order valence-electron chi connectivity index (χ4n) is 1.33. The SMILES string of the molecule is CN(CCCCCN)C(=O)CCOCC(F)(F)F. The predicted molar refractivity (Wildman–Crippen MR) is 62.0 cm³/mol. The Morgan fingerprint density at radius 1 is 1.28 bits per heavy atom. The van der Waals surface area contributed by atoms with Crippen molar-refractivity contribution in [2.24, 2.45) is 5.73 Å². The summed E-state index contributed by atoms with van der Waals surface area (Å²) in [5, 5.41) is 0. The highest BCUT2D eigenvalue weighted by molar-refractivity contribution is 5.75. The fourth-order valence-corrected chi connectivity index (χ4v) is 1.33. The first-order chi connectivity index (χ1) is 8.37. The molecule has 0 aliphatic carbocycles. The predicted octanol–water partition coefficient (Wildman–Crippen LogP) is 1.54. The lowest BCUT2D eigenvalue weighted by atomic mass is 10.2. The van der Waals surface area contributed by atoms with Crippen LogP contribution in [0.2, 0.25) is 0 Å². The molecule has 0 atom stereocenters. The molecule has 0 spiro atoms. The van der Waals surface area contributed by atoms with Gasteiger partial charge in [-0.25, -0.2) is 0 Å². The van der Waals surface area contributed by atoms with Gasteiger partial charge in [0.05, 0.1) is 13.0 Å². The molecule has 0 aromatic carbocycles. The van der Waals surface area contributed by atoms with E-state index in [0.29, 0.717) is 13.1 Å². The molecule has 0 aliphatic heterocycles. The molecule has 108 valence electrons. The maximum absolute atomic E-state index is 11.7. The van der Waals surface area contributed by atoms with Gasteiger partial charge in [-0.1, -0.05) is 6.42 Å². The average molecular weight is 270 g/mol. The van der Waals surface area contributed by atoms with Gasteiger partial charge in [-0.15, -0.1) is 0 Å². The quantitative estimate of drug-likeness (QED) is 0.647. The van der Waals surface area contributed by atoms with E-state index in [9.17, 15) is 18.0 Å². The highest BCUT2D eigenvalue weighted by Gasteiger charge is 2.27. The Morgan fingerprint density at radius 3 is 2.50 bits per heavy atom. The zero-order valence-electron chi connectivity index (χ0n) is 10.6. The summed E-state index contributed by atoms with van der Waals surface area (Å²) in [6, 6.07) is 0. The van der Waals surface area contributed by atoms with Crippen LogP contribution in [0, 0.1) is 0 Å².